The van der Waals surface area contributed by atoms with Crippen molar-refractivity contribution < 1.29 is 14.3 Å². The SMILES string of the molecule is CCc1cc(NC(=O)C(=O)N2C[C@@H](C)CC[C@@H]2c2ccc3sc([C@H]4CCN(C)CC4OC)nc3c2)cnc1N. The van der Waals surface area contributed by atoms with Crippen LogP contribution in [0.2, 0.25) is 0 Å². The number of nitrogens with zero attached hydrogens (tertiary/aromatic N) is 4. The van der Waals surface area contributed by atoms with E-state index in [0.29, 0.717) is 30.4 Å². The van der Waals surface area contributed by atoms with Crippen LogP contribution in [0.4, 0.5) is 11.5 Å². The molecule has 3 N–H and O–H groups in total. The van der Waals surface area contributed by atoms with Crippen LogP contribution in [-0.2, 0) is 20.7 Å². The standard InChI is InChI=1S/C29H38N6O3S/c1-5-18-12-20(14-31-26(18)30)32-27(36)29(37)35-15-17(2)6-8-23(35)19-7-9-25-22(13-19)33-28(39-25)21-10-11-34(3)16-24(21)38-4/h7,9,12-14,17,21,23-24H,5-6,8,10-11,15-16H2,1-4H3,(H2,30,31)(H,32,36)/t17-,21-,23+,24?/m0/s1. The molecule has 2 amide bonds. The van der Waals surface area contributed by atoms with Gasteiger partial charge in [-0.3, -0.25) is 9.59 Å². The highest BCUT2D eigenvalue weighted by Gasteiger charge is 2.35. The number of nitrogens with one attached hydrogen (secondary N) is 1. The van der Waals surface area contributed by atoms with Gasteiger partial charge in [-0.15, -0.1) is 11.3 Å². The van der Waals surface area contributed by atoms with Crippen LogP contribution in [0.25, 0.3) is 10.2 Å². The summed E-state index contributed by atoms with van der Waals surface area (Å²) in [4.78, 5) is 39.7. The van der Waals surface area contributed by atoms with E-state index >= 15 is 0 Å². The van der Waals surface area contributed by atoms with Crippen molar-refractivity contribution in [1.82, 2.24) is 19.8 Å². The molecule has 0 radical (unpaired) electrons. The summed E-state index contributed by atoms with van der Waals surface area (Å²) >= 11 is 1.73. The molecule has 0 aliphatic carbocycles. The number of thiazole rings is 1. The number of rotatable bonds is 5. The highest BCUT2D eigenvalue weighted by molar-refractivity contribution is 7.18. The first-order chi connectivity index (χ1) is 18.8. The van der Waals surface area contributed by atoms with Crippen molar-refractivity contribution in [2.45, 2.75) is 57.6 Å². The minimum atomic E-state index is -0.660. The van der Waals surface area contributed by atoms with Crippen LogP contribution in [0.15, 0.2) is 30.5 Å². The van der Waals surface area contributed by atoms with Crippen molar-refractivity contribution >= 4 is 44.9 Å². The molecule has 10 heteroatoms. The number of amides is 2. The lowest BCUT2D eigenvalue weighted by atomic mass is 9.89. The quantitative estimate of drug-likeness (QED) is 0.458. The van der Waals surface area contributed by atoms with Crippen LogP contribution in [-0.4, -0.2) is 71.5 Å². The van der Waals surface area contributed by atoms with Gasteiger partial charge in [-0.2, -0.15) is 0 Å². The summed E-state index contributed by atoms with van der Waals surface area (Å²) in [7, 11) is 3.90. The first-order valence-corrected chi connectivity index (χ1v) is 14.6. The third-order valence-corrected chi connectivity index (χ3v) is 9.28. The number of aromatic nitrogens is 2. The Balaban J connectivity index is 1.37. The predicted octanol–water partition coefficient (Wildman–Crippen LogP) is 4.21. The molecule has 9 nitrogen and oxygen atoms in total. The average molecular weight is 551 g/mol. The third kappa shape index (κ3) is 5.78. The number of carbonyl (C=O) groups is 2. The second-order valence-corrected chi connectivity index (χ2v) is 12.0. The maximum absolute atomic E-state index is 13.5. The average Bonchev–Trinajstić information content (AvgIpc) is 3.36. The van der Waals surface area contributed by atoms with Crippen molar-refractivity contribution in [3.63, 3.8) is 0 Å². The van der Waals surface area contributed by atoms with Crippen LogP contribution < -0.4 is 11.1 Å². The van der Waals surface area contributed by atoms with Crippen molar-refractivity contribution in [2.75, 3.05) is 44.8 Å². The number of likely N-dealkylation sites (N-methyl/N-ethyl adjacent to an activating group) is 1. The van der Waals surface area contributed by atoms with Crippen LogP contribution in [0.1, 0.15) is 61.2 Å². The zero-order valence-electron chi connectivity index (χ0n) is 23.1. The van der Waals surface area contributed by atoms with E-state index in [1.807, 2.05) is 6.92 Å². The number of methoxy groups -OCH3 is 1. The number of nitrogens with two attached hydrogens (primary N) is 1. The molecule has 1 unspecified atom stereocenters. The number of benzene rings is 1. The number of nitrogen functional groups attached to an aromatic ring is 1. The van der Waals surface area contributed by atoms with Gasteiger partial charge >= 0.3 is 11.8 Å². The summed E-state index contributed by atoms with van der Waals surface area (Å²) in [5, 5.41) is 3.84. The lowest BCUT2D eigenvalue weighted by Gasteiger charge is -2.38. The van der Waals surface area contributed by atoms with E-state index in [-0.39, 0.29) is 18.1 Å². The lowest BCUT2D eigenvalue weighted by Crippen LogP contribution is -2.46. The fourth-order valence-corrected chi connectivity index (χ4v) is 6.97. The lowest BCUT2D eigenvalue weighted by molar-refractivity contribution is -0.146. The molecule has 2 aliphatic rings. The summed E-state index contributed by atoms with van der Waals surface area (Å²) < 4.78 is 6.94. The van der Waals surface area contributed by atoms with E-state index in [4.69, 9.17) is 15.5 Å². The Morgan fingerprint density at radius 3 is 2.79 bits per heavy atom. The van der Waals surface area contributed by atoms with Gasteiger partial charge in [0.1, 0.15) is 5.82 Å². The molecular formula is C29H38N6O3S. The molecule has 2 aromatic heterocycles. The number of fused-ring (bicyclic) bond motifs is 1. The maximum Gasteiger partial charge on any atom is 0.313 e. The second kappa shape index (κ2) is 11.6. The first kappa shape index (κ1) is 27.5. The Bertz CT molecular complexity index is 1360. The highest BCUT2D eigenvalue weighted by atomic mass is 32.1. The summed E-state index contributed by atoms with van der Waals surface area (Å²) in [6, 6.07) is 7.89. The molecule has 208 valence electrons. The highest BCUT2D eigenvalue weighted by Crippen LogP contribution is 2.38. The molecule has 4 atom stereocenters. The van der Waals surface area contributed by atoms with E-state index < -0.39 is 11.8 Å². The smallest absolute Gasteiger partial charge is 0.313 e. The van der Waals surface area contributed by atoms with Crippen LogP contribution in [0, 0.1) is 5.92 Å². The number of hydrogen-bond acceptors (Lipinski definition) is 8. The molecular weight excluding hydrogens is 512 g/mol. The molecule has 3 aromatic rings. The maximum atomic E-state index is 13.5. The Labute approximate surface area is 233 Å². The third-order valence-electron chi connectivity index (χ3n) is 8.11. The first-order valence-electron chi connectivity index (χ1n) is 13.7. The summed E-state index contributed by atoms with van der Waals surface area (Å²) in [6.45, 7) is 6.54. The van der Waals surface area contributed by atoms with Crippen molar-refractivity contribution in [3.05, 3.63) is 46.6 Å². The molecule has 39 heavy (non-hydrogen) atoms. The van der Waals surface area contributed by atoms with E-state index in [1.54, 1.807) is 29.4 Å². The second-order valence-electron chi connectivity index (χ2n) is 10.9. The zero-order chi connectivity index (χ0) is 27.7. The molecule has 1 aromatic carbocycles. The van der Waals surface area contributed by atoms with Gasteiger partial charge in [-0.1, -0.05) is 19.9 Å². The molecule has 0 bridgehead atoms. The number of carbonyl (C=O) groups excluding carboxylic acids is 2. The van der Waals surface area contributed by atoms with E-state index in [9.17, 15) is 9.59 Å². The predicted molar refractivity (Wildman–Crippen MR) is 155 cm³/mol. The number of likely N-dealkylation sites (tertiary alicyclic amines) is 2. The fraction of sp³-hybridized carbons (Fsp3) is 0.517. The minimum Gasteiger partial charge on any atom is -0.383 e. The summed E-state index contributed by atoms with van der Waals surface area (Å²) in [5.74, 6) is -0.170. The summed E-state index contributed by atoms with van der Waals surface area (Å²) in [6.07, 6.45) is 5.11. The Hall–Kier alpha value is -3.08. The van der Waals surface area contributed by atoms with Crippen LogP contribution in [0.3, 0.4) is 0 Å². The van der Waals surface area contributed by atoms with Crippen molar-refractivity contribution in [3.8, 4) is 0 Å². The van der Waals surface area contributed by atoms with Crippen LogP contribution >= 0.6 is 11.3 Å². The number of aryl methyl sites for hydroxylation is 1. The van der Waals surface area contributed by atoms with Gasteiger partial charge in [0.05, 0.1) is 39.3 Å². The summed E-state index contributed by atoms with van der Waals surface area (Å²) in [5.41, 5.74) is 9.16. The van der Waals surface area contributed by atoms with Gasteiger partial charge in [-0.05, 0) is 74.5 Å². The van der Waals surface area contributed by atoms with Gasteiger partial charge in [0.2, 0.25) is 0 Å². The molecule has 5 rings (SSSR count). The van der Waals surface area contributed by atoms with Crippen molar-refractivity contribution in [1.29, 1.82) is 0 Å². The topological polar surface area (TPSA) is 114 Å². The number of pyridine rings is 1. The molecule has 0 spiro atoms. The largest absolute Gasteiger partial charge is 0.383 e. The molecule has 0 saturated carbocycles. The van der Waals surface area contributed by atoms with Gasteiger partial charge in [-0.25, -0.2) is 9.97 Å². The van der Waals surface area contributed by atoms with Gasteiger partial charge < -0.3 is 25.6 Å². The molecule has 2 fully saturated rings. The normalized spacial score (nSPS) is 24.2. The van der Waals surface area contributed by atoms with Crippen molar-refractivity contribution in [2.24, 2.45) is 5.92 Å². The molecule has 4 heterocycles. The number of ether oxygens (including phenoxy) is 1. The zero-order valence-corrected chi connectivity index (χ0v) is 24.0. The fourth-order valence-electron chi connectivity index (χ4n) is 5.83. The van der Waals surface area contributed by atoms with Gasteiger partial charge in [0.25, 0.3) is 0 Å². The molecule has 2 saturated heterocycles. The minimum absolute atomic E-state index is 0.125. The van der Waals surface area contributed by atoms with Crippen LogP contribution in [0.5, 0.6) is 0 Å². The Morgan fingerprint density at radius 1 is 1.21 bits per heavy atom. The van der Waals surface area contributed by atoms with E-state index in [0.717, 1.165) is 58.7 Å². The number of anilines is 2. The van der Waals surface area contributed by atoms with E-state index in [2.05, 4.69) is 47.4 Å². The monoisotopic (exact) mass is 550 g/mol. The Kier molecular flexibility index (Phi) is 8.16. The molecule has 2 aliphatic heterocycles. The Morgan fingerprint density at radius 2 is 2.03 bits per heavy atom. The number of piperidine rings is 2. The van der Waals surface area contributed by atoms with Gasteiger partial charge in [0, 0.05) is 26.1 Å². The van der Waals surface area contributed by atoms with Gasteiger partial charge in [0.15, 0.2) is 0 Å². The number of hydrogen-bond donors (Lipinski definition) is 2. The van der Waals surface area contributed by atoms with E-state index in [1.165, 1.54) is 6.20 Å².